The van der Waals surface area contributed by atoms with E-state index >= 15 is 0 Å². The summed E-state index contributed by atoms with van der Waals surface area (Å²) in [6, 6.07) is 0.385. The number of carbonyl (C=O) groups excluding carboxylic acids is 1. The number of hydrogen-bond acceptors (Lipinski definition) is 3. The van der Waals surface area contributed by atoms with E-state index in [1.165, 1.54) is 19.3 Å². The van der Waals surface area contributed by atoms with E-state index in [1.54, 1.807) is 0 Å². The van der Waals surface area contributed by atoms with Crippen LogP contribution in [-0.4, -0.2) is 36.0 Å². The number of rotatable bonds is 2. The Kier molecular flexibility index (Phi) is 5.18. The average molecular weight is 284 g/mol. The van der Waals surface area contributed by atoms with Gasteiger partial charge in [0.15, 0.2) is 0 Å². The van der Waals surface area contributed by atoms with Gasteiger partial charge in [0.1, 0.15) is 0 Å². The van der Waals surface area contributed by atoms with Gasteiger partial charge in [0, 0.05) is 24.1 Å². The molecule has 0 aromatic heterocycles. The number of thioether (sulfide) groups is 1. The predicted octanol–water partition coefficient (Wildman–Crippen LogP) is 2.41. The highest BCUT2D eigenvalue weighted by Crippen LogP contribution is 2.38. The van der Waals surface area contributed by atoms with Gasteiger partial charge in [0.2, 0.25) is 5.91 Å². The molecule has 2 aliphatic rings. The van der Waals surface area contributed by atoms with Crippen LogP contribution in [0.5, 0.6) is 0 Å². The molecule has 2 fully saturated rings. The van der Waals surface area contributed by atoms with E-state index in [2.05, 4.69) is 31.4 Å². The molecule has 4 heteroatoms. The molecule has 110 valence electrons. The fourth-order valence-corrected chi connectivity index (χ4v) is 4.29. The van der Waals surface area contributed by atoms with Crippen molar-refractivity contribution in [3.05, 3.63) is 0 Å². The minimum atomic E-state index is 0.0151. The van der Waals surface area contributed by atoms with E-state index in [4.69, 9.17) is 0 Å². The summed E-state index contributed by atoms with van der Waals surface area (Å²) in [5.74, 6) is 2.87. The van der Waals surface area contributed by atoms with Crippen LogP contribution in [0.1, 0.15) is 46.5 Å². The maximum atomic E-state index is 12.4. The largest absolute Gasteiger partial charge is 0.352 e. The molecule has 1 heterocycles. The van der Waals surface area contributed by atoms with Crippen molar-refractivity contribution in [3.63, 3.8) is 0 Å². The maximum absolute atomic E-state index is 12.4. The SMILES string of the molecule is CC(C)(C)C1CCCCC1NC(=O)C1CSCCN1. The van der Waals surface area contributed by atoms with Crippen LogP contribution in [0.2, 0.25) is 0 Å². The highest BCUT2D eigenvalue weighted by molar-refractivity contribution is 7.99. The molecule has 3 atom stereocenters. The lowest BCUT2D eigenvalue weighted by molar-refractivity contribution is -0.124. The molecule has 1 amide bonds. The summed E-state index contributed by atoms with van der Waals surface area (Å²) >= 11 is 1.88. The molecule has 19 heavy (non-hydrogen) atoms. The van der Waals surface area contributed by atoms with Crippen molar-refractivity contribution in [2.45, 2.75) is 58.5 Å². The molecular weight excluding hydrogens is 256 g/mol. The molecule has 0 aromatic carbocycles. The van der Waals surface area contributed by atoms with Crippen molar-refractivity contribution in [2.75, 3.05) is 18.1 Å². The highest BCUT2D eigenvalue weighted by Gasteiger charge is 2.36. The Labute approximate surface area is 121 Å². The molecule has 2 rings (SSSR count). The molecule has 0 radical (unpaired) electrons. The fraction of sp³-hybridized carbons (Fsp3) is 0.933. The normalized spacial score (nSPS) is 32.9. The van der Waals surface area contributed by atoms with E-state index in [0.717, 1.165) is 24.5 Å². The Balaban J connectivity index is 1.93. The summed E-state index contributed by atoms with van der Waals surface area (Å²) in [5, 5.41) is 6.66. The minimum Gasteiger partial charge on any atom is -0.352 e. The highest BCUT2D eigenvalue weighted by atomic mass is 32.2. The first-order valence-electron chi connectivity index (χ1n) is 7.60. The minimum absolute atomic E-state index is 0.0151. The second-order valence-electron chi connectivity index (χ2n) is 6.95. The summed E-state index contributed by atoms with van der Waals surface area (Å²) in [7, 11) is 0. The number of hydrogen-bond donors (Lipinski definition) is 2. The van der Waals surface area contributed by atoms with Crippen LogP contribution < -0.4 is 10.6 Å². The molecule has 0 aromatic rings. The fourth-order valence-electron chi connectivity index (χ4n) is 3.36. The van der Waals surface area contributed by atoms with Gasteiger partial charge in [-0.3, -0.25) is 4.79 Å². The molecule has 1 aliphatic carbocycles. The molecule has 3 unspecified atom stereocenters. The van der Waals surface area contributed by atoms with Gasteiger partial charge in [-0.2, -0.15) is 11.8 Å². The van der Waals surface area contributed by atoms with Crippen LogP contribution in [0.25, 0.3) is 0 Å². The third-order valence-corrected chi connectivity index (χ3v) is 5.51. The zero-order valence-corrected chi connectivity index (χ0v) is 13.3. The van der Waals surface area contributed by atoms with Crippen LogP contribution in [-0.2, 0) is 4.79 Å². The molecule has 3 nitrogen and oxygen atoms in total. The van der Waals surface area contributed by atoms with Gasteiger partial charge in [-0.15, -0.1) is 0 Å². The second-order valence-corrected chi connectivity index (χ2v) is 8.10. The first kappa shape index (κ1) is 15.2. The van der Waals surface area contributed by atoms with E-state index in [1.807, 2.05) is 11.8 Å². The van der Waals surface area contributed by atoms with E-state index in [0.29, 0.717) is 12.0 Å². The Morgan fingerprint density at radius 1 is 1.26 bits per heavy atom. The van der Waals surface area contributed by atoms with E-state index in [9.17, 15) is 4.79 Å². The van der Waals surface area contributed by atoms with Gasteiger partial charge in [0.25, 0.3) is 0 Å². The molecule has 1 saturated carbocycles. The van der Waals surface area contributed by atoms with Crippen molar-refractivity contribution >= 4 is 17.7 Å². The topological polar surface area (TPSA) is 41.1 Å². The van der Waals surface area contributed by atoms with E-state index < -0.39 is 0 Å². The van der Waals surface area contributed by atoms with Crippen molar-refractivity contribution in [3.8, 4) is 0 Å². The van der Waals surface area contributed by atoms with Gasteiger partial charge >= 0.3 is 0 Å². The van der Waals surface area contributed by atoms with Gasteiger partial charge in [-0.05, 0) is 24.2 Å². The first-order chi connectivity index (χ1) is 8.98. The Bertz CT molecular complexity index is 308. The molecule has 1 aliphatic heterocycles. The van der Waals surface area contributed by atoms with Crippen LogP contribution in [0.15, 0.2) is 0 Å². The monoisotopic (exact) mass is 284 g/mol. The van der Waals surface area contributed by atoms with Crippen LogP contribution in [0.4, 0.5) is 0 Å². The lowest BCUT2D eigenvalue weighted by atomic mass is 9.69. The number of amides is 1. The Hall–Kier alpha value is -0.220. The van der Waals surface area contributed by atoms with Crippen LogP contribution >= 0.6 is 11.8 Å². The summed E-state index contributed by atoms with van der Waals surface area (Å²) in [6.07, 6.45) is 4.96. The summed E-state index contributed by atoms with van der Waals surface area (Å²) in [5.41, 5.74) is 0.285. The van der Waals surface area contributed by atoms with Gasteiger partial charge in [-0.25, -0.2) is 0 Å². The zero-order chi connectivity index (χ0) is 13.9. The van der Waals surface area contributed by atoms with Gasteiger partial charge in [0.05, 0.1) is 6.04 Å². The zero-order valence-electron chi connectivity index (χ0n) is 12.5. The third-order valence-electron chi connectivity index (χ3n) is 4.44. The Morgan fingerprint density at radius 2 is 2.00 bits per heavy atom. The summed E-state index contributed by atoms with van der Waals surface area (Å²) in [4.78, 5) is 12.4. The first-order valence-corrected chi connectivity index (χ1v) is 8.75. The molecule has 0 spiro atoms. The van der Waals surface area contributed by atoms with E-state index in [-0.39, 0.29) is 17.4 Å². The lowest BCUT2D eigenvalue weighted by Gasteiger charge is -2.41. The van der Waals surface area contributed by atoms with Crippen molar-refractivity contribution in [2.24, 2.45) is 11.3 Å². The standard InChI is InChI=1S/C15H28N2OS/c1-15(2,3)11-6-4-5-7-12(11)17-14(18)13-10-19-9-8-16-13/h11-13,16H,4-10H2,1-3H3,(H,17,18). The van der Waals surface area contributed by atoms with Crippen LogP contribution in [0, 0.1) is 11.3 Å². The molecular formula is C15H28N2OS. The summed E-state index contributed by atoms with van der Waals surface area (Å²) < 4.78 is 0. The molecule has 2 N–H and O–H groups in total. The third kappa shape index (κ3) is 4.12. The molecule has 0 bridgehead atoms. The predicted molar refractivity (Wildman–Crippen MR) is 82.5 cm³/mol. The van der Waals surface area contributed by atoms with Gasteiger partial charge in [-0.1, -0.05) is 33.6 Å². The number of carbonyl (C=O) groups is 1. The van der Waals surface area contributed by atoms with Crippen molar-refractivity contribution in [1.82, 2.24) is 10.6 Å². The maximum Gasteiger partial charge on any atom is 0.238 e. The van der Waals surface area contributed by atoms with Crippen molar-refractivity contribution < 1.29 is 4.79 Å². The van der Waals surface area contributed by atoms with Gasteiger partial charge < -0.3 is 10.6 Å². The molecule has 1 saturated heterocycles. The number of nitrogens with one attached hydrogen (secondary N) is 2. The average Bonchev–Trinajstić information content (AvgIpc) is 2.39. The summed E-state index contributed by atoms with van der Waals surface area (Å²) in [6.45, 7) is 7.86. The Morgan fingerprint density at radius 3 is 2.63 bits per heavy atom. The smallest absolute Gasteiger partial charge is 0.238 e. The second kappa shape index (κ2) is 6.49. The lowest BCUT2D eigenvalue weighted by Crippen LogP contribution is -2.54. The van der Waals surface area contributed by atoms with Crippen LogP contribution in [0.3, 0.4) is 0 Å². The quantitative estimate of drug-likeness (QED) is 0.818. The van der Waals surface area contributed by atoms with Crippen molar-refractivity contribution in [1.29, 1.82) is 0 Å².